The maximum absolute atomic E-state index is 12.3. The van der Waals surface area contributed by atoms with Crippen LogP contribution in [-0.4, -0.2) is 70.1 Å². The zero-order chi connectivity index (χ0) is 28.6. The van der Waals surface area contributed by atoms with E-state index in [2.05, 4.69) is 30.7 Å². The number of hydrogen-bond donors (Lipinski definition) is 1. The zero-order valence-corrected chi connectivity index (χ0v) is 23.7. The number of fused-ring (bicyclic) bond motifs is 2. The van der Waals surface area contributed by atoms with Crippen LogP contribution in [0.15, 0.2) is 49.1 Å². The first-order valence-electron chi connectivity index (χ1n) is 14.7. The summed E-state index contributed by atoms with van der Waals surface area (Å²) in [5, 5.41) is 23.3. The van der Waals surface area contributed by atoms with Crippen LogP contribution in [0.4, 0.5) is 0 Å². The van der Waals surface area contributed by atoms with E-state index in [0.717, 1.165) is 65.5 Å². The molecule has 2 atom stereocenters. The van der Waals surface area contributed by atoms with E-state index in [4.69, 9.17) is 14.7 Å². The largest absolute Gasteiger partial charge is 0.508 e. The van der Waals surface area contributed by atoms with Crippen molar-refractivity contribution in [2.45, 2.75) is 62.3 Å². The lowest BCUT2D eigenvalue weighted by molar-refractivity contribution is -0.127. The van der Waals surface area contributed by atoms with Crippen molar-refractivity contribution in [1.82, 2.24) is 19.8 Å². The van der Waals surface area contributed by atoms with Crippen LogP contribution in [0.5, 0.6) is 11.8 Å². The van der Waals surface area contributed by atoms with Crippen molar-refractivity contribution in [3.05, 3.63) is 71.6 Å². The summed E-state index contributed by atoms with van der Waals surface area (Å²) in [6.45, 7) is 6.16. The van der Waals surface area contributed by atoms with E-state index < -0.39 is 5.41 Å². The van der Waals surface area contributed by atoms with Gasteiger partial charge >= 0.3 is 6.01 Å². The van der Waals surface area contributed by atoms with Gasteiger partial charge in [-0.25, -0.2) is 0 Å². The third kappa shape index (κ3) is 5.15. The zero-order valence-electron chi connectivity index (χ0n) is 23.7. The number of likely N-dealkylation sites (tertiary alicyclic amines) is 2. The highest BCUT2D eigenvalue weighted by molar-refractivity contribution is 5.88. The molecule has 1 aromatic heterocycles. The smallest absolute Gasteiger partial charge is 0.316 e. The first-order valence-corrected chi connectivity index (χ1v) is 14.7. The molecule has 0 spiro atoms. The quantitative estimate of drug-likeness (QED) is 0.445. The van der Waals surface area contributed by atoms with E-state index in [0.29, 0.717) is 51.0 Å². The molecule has 8 nitrogen and oxygen atoms in total. The number of aromatic hydroxyl groups is 1. The fourth-order valence-corrected chi connectivity index (χ4v) is 6.98. The second-order valence-corrected chi connectivity index (χ2v) is 11.8. The molecule has 0 bridgehead atoms. The molecule has 1 amide bonds. The van der Waals surface area contributed by atoms with Crippen molar-refractivity contribution in [3.8, 4) is 17.8 Å². The van der Waals surface area contributed by atoms with Crippen LogP contribution in [0.3, 0.4) is 0 Å². The Kier molecular flexibility index (Phi) is 7.39. The van der Waals surface area contributed by atoms with Crippen LogP contribution in [0, 0.1) is 11.3 Å². The third-order valence-electron chi connectivity index (χ3n) is 9.42. The van der Waals surface area contributed by atoms with E-state index in [-0.39, 0.29) is 17.6 Å². The van der Waals surface area contributed by atoms with E-state index in [1.165, 1.54) is 6.08 Å². The maximum atomic E-state index is 12.3. The molecule has 0 radical (unpaired) electrons. The molecular weight excluding hydrogens is 514 g/mol. The van der Waals surface area contributed by atoms with Gasteiger partial charge in [-0.05, 0) is 105 Å². The number of benzene rings is 2. The minimum absolute atomic E-state index is 0.104. The van der Waals surface area contributed by atoms with Gasteiger partial charge in [0.05, 0.1) is 17.5 Å². The normalized spacial score (nSPS) is 22.2. The van der Waals surface area contributed by atoms with Crippen molar-refractivity contribution in [2.24, 2.45) is 0 Å². The molecule has 8 heteroatoms. The Morgan fingerprint density at radius 2 is 2.02 bits per heavy atom. The second kappa shape index (κ2) is 11.1. The first-order chi connectivity index (χ1) is 19.9. The highest BCUT2D eigenvalue weighted by Gasteiger charge is 2.42. The predicted octanol–water partition coefficient (Wildman–Crippen LogP) is 4.65. The SMILES string of the molecule is C=CC(=O)N1CCC(C#N)(c2nc(OCC3CCCN3C)nc3c2CCC(c2cc(O)cc4ccccc24)C3)CC1. The number of carbonyl (C=O) groups is 1. The Hall–Kier alpha value is -3.96. The summed E-state index contributed by atoms with van der Waals surface area (Å²) in [6, 6.07) is 15.1. The lowest BCUT2D eigenvalue weighted by Gasteiger charge is -2.38. The second-order valence-electron chi connectivity index (χ2n) is 11.8. The summed E-state index contributed by atoms with van der Waals surface area (Å²) in [5.74, 6) is 0.329. The van der Waals surface area contributed by atoms with Gasteiger partial charge in [0.2, 0.25) is 5.91 Å². The first kappa shape index (κ1) is 27.2. The minimum Gasteiger partial charge on any atom is -0.508 e. The van der Waals surface area contributed by atoms with Gasteiger partial charge in [-0.15, -0.1) is 0 Å². The molecule has 3 heterocycles. The number of piperidine rings is 1. The molecule has 212 valence electrons. The number of carbonyl (C=O) groups excluding carboxylic acids is 1. The third-order valence-corrected chi connectivity index (χ3v) is 9.42. The Morgan fingerprint density at radius 1 is 1.22 bits per heavy atom. The molecule has 2 aliphatic heterocycles. The topological polar surface area (TPSA) is 103 Å². The molecule has 3 aliphatic rings. The monoisotopic (exact) mass is 551 g/mol. The van der Waals surface area contributed by atoms with Crippen LogP contribution in [0.25, 0.3) is 10.8 Å². The Labute approximate surface area is 241 Å². The highest BCUT2D eigenvalue weighted by atomic mass is 16.5. The number of rotatable bonds is 6. The molecule has 2 fully saturated rings. The minimum atomic E-state index is -0.808. The predicted molar refractivity (Wildman–Crippen MR) is 157 cm³/mol. The van der Waals surface area contributed by atoms with Crippen molar-refractivity contribution in [1.29, 1.82) is 5.26 Å². The van der Waals surface area contributed by atoms with E-state index in [1.807, 2.05) is 30.3 Å². The standard InChI is InChI=1S/C33H37N5O3/c1-3-30(40)38-15-12-33(21-34,13-16-38)31-27-11-10-23(28-19-25(39)17-22-7-4-5-9-26(22)28)18-29(27)35-32(36-31)41-20-24-8-6-14-37(24)2/h3-5,7,9,17,19,23-24,39H,1,6,8,10-16,18,20H2,2H3. The number of amides is 1. The van der Waals surface area contributed by atoms with Gasteiger partial charge in [0.15, 0.2) is 0 Å². The van der Waals surface area contributed by atoms with Crippen molar-refractivity contribution >= 4 is 16.7 Å². The Balaban J connectivity index is 1.37. The van der Waals surface area contributed by atoms with Gasteiger partial charge in [0, 0.05) is 19.1 Å². The van der Waals surface area contributed by atoms with Gasteiger partial charge in [-0.1, -0.05) is 30.8 Å². The molecule has 41 heavy (non-hydrogen) atoms. The van der Waals surface area contributed by atoms with Crippen LogP contribution in [0.2, 0.25) is 0 Å². The molecule has 1 N–H and O–H groups in total. The average molecular weight is 552 g/mol. The van der Waals surface area contributed by atoms with Crippen molar-refractivity contribution in [2.75, 3.05) is 33.3 Å². The van der Waals surface area contributed by atoms with E-state index >= 15 is 0 Å². The summed E-state index contributed by atoms with van der Waals surface area (Å²) in [4.78, 5) is 26.2. The van der Waals surface area contributed by atoms with Crippen molar-refractivity contribution in [3.63, 3.8) is 0 Å². The lowest BCUT2D eigenvalue weighted by atomic mass is 9.71. The number of phenols is 1. The molecular formula is C33H37N5O3. The lowest BCUT2D eigenvalue weighted by Crippen LogP contribution is -2.45. The molecule has 0 saturated carbocycles. The average Bonchev–Trinajstić information content (AvgIpc) is 3.42. The van der Waals surface area contributed by atoms with Gasteiger partial charge in [0.25, 0.3) is 0 Å². The summed E-state index contributed by atoms with van der Waals surface area (Å²) in [6.07, 6.45) is 6.88. The molecule has 1 aliphatic carbocycles. The van der Waals surface area contributed by atoms with Gasteiger partial charge in [0.1, 0.15) is 17.8 Å². The molecule has 6 rings (SSSR count). The highest BCUT2D eigenvalue weighted by Crippen LogP contribution is 2.43. The molecule has 2 aromatic carbocycles. The fraction of sp³-hybridized carbons (Fsp3) is 0.455. The maximum Gasteiger partial charge on any atom is 0.316 e. The van der Waals surface area contributed by atoms with Crippen LogP contribution >= 0.6 is 0 Å². The van der Waals surface area contributed by atoms with Crippen LogP contribution in [0.1, 0.15) is 60.5 Å². The number of likely N-dealkylation sites (N-methyl/N-ethyl adjacent to an activating group) is 1. The molecule has 2 saturated heterocycles. The summed E-state index contributed by atoms with van der Waals surface area (Å²) in [7, 11) is 2.12. The van der Waals surface area contributed by atoms with Crippen molar-refractivity contribution < 1.29 is 14.6 Å². The Morgan fingerprint density at radius 3 is 2.76 bits per heavy atom. The number of ether oxygens (including phenoxy) is 1. The van der Waals surface area contributed by atoms with Crippen LogP contribution < -0.4 is 4.74 Å². The molecule has 2 unspecified atom stereocenters. The number of nitrogens with zero attached hydrogens (tertiary/aromatic N) is 5. The van der Waals surface area contributed by atoms with Gasteiger partial charge in [-0.2, -0.15) is 15.2 Å². The number of aromatic nitrogens is 2. The summed E-state index contributed by atoms with van der Waals surface area (Å²) < 4.78 is 6.26. The van der Waals surface area contributed by atoms with Gasteiger partial charge < -0.3 is 19.6 Å². The number of phenolic OH excluding ortho intramolecular Hbond substituents is 1. The Bertz CT molecular complexity index is 1520. The van der Waals surface area contributed by atoms with E-state index in [1.54, 1.807) is 4.90 Å². The van der Waals surface area contributed by atoms with Gasteiger partial charge in [-0.3, -0.25) is 4.79 Å². The van der Waals surface area contributed by atoms with Crippen LogP contribution in [-0.2, 0) is 23.1 Å². The molecule has 3 aromatic rings. The number of nitriles is 1. The summed E-state index contributed by atoms with van der Waals surface area (Å²) >= 11 is 0. The number of hydrogen-bond acceptors (Lipinski definition) is 7. The summed E-state index contributed by atoms with van der Waals surface area (Å²) in [5.41, 5.74) is 3.05. The van der Waals surface area contributed by atoms with E-state index in [9.17, 15) is 15.2 Å². The fourth-order valence-electron chi connectivity index (χ4n) is 6.98.